The van der Waals surface area contributed by atoms with Gasteiger partial charge < -0.3 is 43.4 Å². The largest absolute Gasteiger partial charge is 0.481 e. The minimum Gasteiger partial charge on any atom is -0.481 e. The number of amides is 3. The summed E-state index contributed by atoms with van der Waals surface area (Å²) in [6.45, 7) is 7.40. The Labute approximate surface area is 217 Å². The number of aliphatic imine (C=N–C) groups is 1. The molecule has 0 aliphatic heterocycles. The number of nitrogens with two attached hydrogens (primary N) is 3. The molecule has 0 fully saturated rings. The molecule has 0 radical (unpaired) electrons. The molecule has 0 bridgehead atoms. The summed E-state index contributed by atoms with van der Waals surface area (Å²) in [4.78, 5) is 65.2. The van der Waals surface area contributed by atoms with Gasteiger partial charge in [-0.05, 0) is 37.5 Å². The molecule has 5 atom stereocenters. The topological polar surface area (TPSA) is 252 Å². The average Bonchev–Trinajstić information content (AvgIpc) is 2.80. The summed E-state index contributed by atoms with van der Waals surface area (Å²) in [5.74, 6) is -4.96. The van der Waals surface area contributed by atoms with Crippen LogP contribution in [0.25, 0.3) is 0 Å². The number of carbonyl (C=O) groups is 5. The molecule has 0 rings (SSSR count). The number of aliphatic carboxylic acids is 2. The van der Waals surface area contributed by atoms with E-state index >= 15 is 0 Å². The van der Waals surface area contributed by atoms with Crippen LogP contribution in [0.5, 0.6) is 0 Å². The fourth-order valence-corrected chi connectivity index (χ4v) is 3.33. The summed E-state index contributed by atoms with van der Waals surface area (Å²) >= 11 is 0. The van der Waals surface area contributed by atoms with Crippen LogP contribution in [0.2, 0.25) is 0 Å². The molecule has 37 heavy (non-hydrogen) atoms. The number of guanidine groups is 1. The third-order valence-electron chi connectivity index (χ3n) is 5.74. The van der Waals surface area contributed by atoms with Gasteiger partial charge in [0, 0.05) is 13.0 Å². The molecule has 0 aliphatic carbocycles. The van der Waals surface area contributed by atoms with E-state index in [1.165, 1.54) is 0 Å². The standard InChI is InChI=1S/C23H43N7O7/c1-5-13(4)18(24)21(35)29-14(7-6-10-27-23(25)26)19(33)28-15(8-9-17(31)32)20(34)30-16(22(36)37)11-12(2)3/h12-16,18H,5-11,24H2,1-4H3,(H,28,33)(H,29,35)(H,30,34)(H,31,32)(H,36,37)(H4,25,26,27). The summed E-state index contributed by atoms with van der Waals surface area (Å²) in [6.07, 6.45) is 0.422. The second-order valence-corrected chi connectivity index (χ2v) is 9.44. The lowest BCUT2D eigenvalue weighted by Gasteiger charge is -2.26. The Morgan fingerprint density at radius 1 is 0.838 bits per heavy atom. The highest BCUT2D eigenvalue weighted by atomic mass is 16.4. The quantitative estimate of drug-likeness (QED) is 0.0601. The highest BCUT2D eigenvalue weighted by molar-refractivity contribution is 5.94. The molecule has 0 spiro atoms. The first kappa shape index (κ1) is 33.6. The Balaban J connectivity index is 5.73. The fourth-order valence-electron chi connectivity index (χ4n) is 3.33. The molecule has 0 saturated heterocycles. The van der Waals surface area contributed by atoms with E-state index in [0.29, 0.717) is 12.8 Å². The minimum atomic E-state index is -1.35. The third kappa shape index (κ3) is 14.0. The highest BCUT2D eigenvalue weighted by Gasteiger charge is 2.31. The summed E-state index contributed by atoms with van der Waals surface area (Å²) in [5.41, 5.74) is 16.6. The van der Waals surface area contributed by atoms with Crippen LogP contribution in [0.1, 0.15) is 66.2 Å². The molecule has 0 saturated carbocycles. The number of nitrogens with zero attached hydrogens (tertiary/aromatic N) is 1. The van der Waals surface area contributed by atoms with E-state index in [-0.39, 0.29) is 43.6 Å². The summed E-state index contributed by atoms with van der Waals surface area (Å²) in [5, 5.41) is 25.9. The summed E-state index contributed by atoms with van der Waals surface area (Å²) in [6, 6.07) is -4.57. The van der Waals surface area contributed by atoms with Crippen molar-refractivity contribution in [2.24, 2.45) is 34.0 Å². The number of nitrogens with one attached hydrogen (secondary N) is 3. The fraction of sp³-hybridized carbons (Fsp3) is 0.739. The van der Waals surface area contributed by atoms with Crippen LogP contribution >= 0.6 is 0 Å². The van der Waals surface area contributed by atoms with Crippen molar-refractivity contribution in [3.05, 3.63) is 0 Å². The van der Waals surface area contributed by atoms with Gasteiger partial charge in [-0.2, -0.15) is 0 Å². The van der Waals surface area contributed by atoms with Gasteiger partial charge in [0.2, 0.25) is 17.7 Å². The van der Waals surface area contributed by atoms with E-state index in [1.54, 1.807) is 20.8 Å². The number of rotatable bonds is 18. The number of carbonyl (C=O) groups excluding carboxylic acids is 3. The Morgan fingerprint density at radius 3 is 1.81 bits per heavy atom. The van der Waals surface area contributed by atoms with Crippen LogP contribution < -0.4 is 33.2 Å². The predicted molar refractivity (Wildman–Crippen MR) is 137 cm³/mol. The van der Waals surface area contributed by atoms with Crippen molar-refractivity contribution in [3.8, 4) is 0 Å². The Hall–Kier alpha value is -3.42. The monoisotopic (exact) mass is 529 g/mol. The summed E-state index contributed by atoms with van der Waals surface area (Å²) < 4.78 is 0. The Morgan fingerprint density at radius 2 is 1.35 bits per heavy atom. The molecular formula is C23H43N7O7. The first-order valence-corrected chi connectivity index (χ1v) is 12.4. The SMILES string of the molecule is CCC(C)C(N)C(=O)NC(CCCN=C(N)N)C(=O)NC(CCC(=O)O)C(=O)NC(CC(C)C)C(=O)O. The van der Waals surface area contributed by atoms with Crippen molar-refractivity contribution < 1.29 is 34.2 Å². The smallest absolute Gasteiger partial charge is 0.326 e. The van der Waals surface area contributed by atoms with Crippen molar-refractivity contribution in [1.82, 2.24) is 16.0 Å². The van der Waals surface area contributed by atoms with Gasteiger partial charge >= 0.3 is 11.9 Å². The first-order chi connectivity index (χ1) is 17.2. The van der Waals surface area contributed by atoms with Gasteiger partial charge in [-0.15, -0.1) is 0 Å². The van der Waals surface area contributed by atoms with Crippen LogP contribution in [0.3, 0.4) is 0 Å². The van der Waals surface area contributed by atoms with Crippen molar-refractivity contribution >= 4 is 35.6 Å². The van der Waals surface area contributed by atoms with E-state index in [0.717, 1.165) is 0 Å². The second-order valence-electron chi connectivity index (χ2n) is 9.44. The van der Waals surface area contributed by atoms with E-state index in [1.807, 2.05) is 6.92 Å². The number of carboxylic acid groups (broad SMARTS) is 2. The van der Waals surface area contributed by atoms with Crippen LogP contribution in [-0.2, 0) is 24.0 Å². The van der Waals surface area contributed by atoms with Gasteiger partial charge in [0.15, 0.2) is 5.96 Å². The van der Waals surface area contributed by atoms with Gasteiger partial charge in [-0.25, -0.2) is 4.79 Å². The second kappa shape index (κ2) is 17.1. The molecule has 0 aliphatic rings. The van der Waals surface area contributed by atoms with Crippen molar-refractivity contribution in [2.75, 3.05) is 6.54 Å². The van der Waals surface area contributed by atoms with E-state index < -0.39 is 60.2 Å². The minimum absolute atomic E-state index is 0.0482. The zero-order valence-corrected chi connectivity index (χ0v) is 22.0. The van der Waals surface area contributed by atoms with E-state index in [9.17, 15) is 29.1 Å². The Kier molecular flexibility index (Phi) is 15.5. The zero-order valence-electron chi connectivity index (χ0n) is 22.0. The molecule has 11 N–H and O–H groups in total. The highest BCUT2D eigenvalue weighted by Crippen LogP contribution is 2.09. The molecule has 14 heteroatoms. The third-order valence-corrected chi connectivity index (χ3v) is 5.74. The molecule has 0 aromatic heterocycles. The van der Waals surface area contributed by atoms with Crippen molar-refractivity contribution in [3.63, 3.8) is 0 Å². The van der Waals surface area contributed by atoms with Crippen LogP contribution in [0.15, 0.2) is 4.99 Å². The number of hydrogen-bond acceptors (Lipinski definition) is 7. The molecule has 14 nitrogen and oxygen atoms in total. The molecule has 0 aromatic carbocycles. The molecule has 212 valence electrons. The van der Waals surface area contributed by atoms with Gasteiger partial charge in [0.25, 0.3) is 0 Å². The first-order valence-electron chi connectivity index (χ1n) is 12.4. The summed E-state index contributed by atoms with van der Waals surface area (Å²) in [7, 11) is 0. The van der Waals surface area contributed by atoms with Crippen LogP contribution in [0.4, 0.5) is 0 Å². The van der Waals surface area contributed by atoms with E-state index in [2.05, 4.69) is 20.9 Å². The maximum absolute atomic E-state index is 13.1. The van der Waals surface area contributed by atoms with Crippen molar-refractivity contribution in [2.45, 2.75) is 90.4 Å². The predicted octanol–water partition coefficient (Wildman–Crippen LogP) is -1.14. The number of hydrogen-bond donors (Lipinski definition) is 8. The average molecular weight is 530 g/mol. The van der Waals surface area contributed by atoms with E-state index in [4.69, 9.17) is 22.3 Å². The van der Waals surface area contributed by atoms with Gasteiger partial charge in [0.05, 0.1) is 6.04 Å². The van der Waals surface area contributed by atoms with Gasteiger partial charge in [-0.3, -0.25) is 24.2 Å². The molecule has 0 aromatic rings. The zero-order chi connectivity index (χ0) is 28.7. The van der Waals surface area contributed by atoms with Crippen molar-refractivity contribution in [1.29, 1.82) is 0 Å². The molecular weight excluding hydrogens is 486 g/mol. The maximum Gasteiger partial charge on any atom is 0.326 e. The van der Waals surface area contributed by atoms with Crippen LogP contribution in [-0.4, -0.2) is 76.5 Å². The lowest BCUT2D eigenvalue weighted by atomic mass is 9.98. The normalized spacial score (nSPS) is 15.0. The lowest BCUT2D eigenvalue weighted by molar-refractivity contribution is -0.143. The van der Waals surface area contributed by atoms with Gasteiger partial charge in [-0.1, -0.05) is 34.1 Å². The molecule has 3 amide bonds. The van der Waals surface area contributed by atoms with Gasteiger partial charge in [0.1, 0.15) is 18.1 Å². The maximum atomic E-state index is 13.1. The van der Waals surface area contributed by atoms with Crippen LogP contribution in [0, 0.1) is 11.8 Å². The lowest BCUT2D eigenvalue weighted by Crippen LogP contribution is -2.57. The molecule has 0 heterocycles. The number of carboxylic acids is 2. The molecule has 5 unspecified atom stereocenters. The Bertz CT molecular complexity index is 815.